The number of amides is 1. The summed E-state index contributed by atoms with van der Waals surface area (Å²) in [6, 6.07) is 8.17. The summed E-state index contributed by atoms with van der Waals surface area (Å²) in [6.07, 6.45) is 0. The van der Waals surface area contributed by atoms with Crippen molar-refractivity contribution in [2.24, 2.45) is 0 Å². The lowest BCUT2D eigenvalue weighted by atomic mass is 10.1. The van der Waals surface area contributed by atoms with E-state index in [1.54, 1.807) is 7.05 Å². The molecule has 0 fully saturated rings. The number of carbonyl (C=O) groups excluding carboxylic acids is 1. The quantitative estimate of drug-likeness (QED) is 0.541. The summed E-state index contributed by atoms with van der Waals surface area (Å²) in [4.78, 5) is 27.5. The third-order valence-electron chi connectivity index (χ3n) is 3.78. The Morgan fingerprint density at radius 1 is 1.24 bits per heavy atom. The van der Waals surface area contributed by atoms with E-state index in [0.29, 0.717) is 10.8 Å². The normalized spacial score (nSPS) is 10.7. The first-order valence-electron chi connectivity index (χ1n) is 7.54. The summed E-state index contributed by atoms with van der Waals surface area (Å²) in [6.45, 7) is 3.98. The lowest BCUT2D eigenvalue weighted by Crippen LogP contribution is -2.14. The number of hydrogen-bond donors (Lipinski definition) is 2. The molecular formula is C17H16N4O3S. The van der Waals surface area contributed by atoms with Crippen molar-refractivity contribution in [3.8, 4) is 0 Å². The van der Waals surface area contributed by atoms with Crippen LogP contribution in [0.4, 0.5) is 16.5 Å². The Bertz CT molecular complexity index is 997. The molecule has 3 rings (SSSR count). The predicted octanol–water partition coefficient (Wildman–Crippen LogP) is 4.12. The Morgan fingerprint density at radius 2 is 2.00 bits per heavy atom. The van der Waals surface area contributed by atoms with Gasteiger partial charge < -0.3 is 5.32 Å². The van der Waals surface area contributed by atoms with E-state index in [2.05, 4.69) is 15.6 Å². The number of nitrogens with one attached hydrogen (secondary N) is 2. The van der Waals surface area contributed by atoms with Crippen LogP contribution in [0.3, 0.4) is 0 Å². The van der Waals surface area contributed by atoms with Crippen LogP contribution in [0.5, 0.6) is 0 Å². The zero-order valence-corrected chi connectivity index (χ0v) is 14.7. The minimum Gasteiger partial charge on any atom is -0.387 e. The topological polar surface area (TPSA) is 97.2 Å². The zero-order chi connectivity index (χ0) is 18.1. The molecule has 0 radical (unpaired) electrons. The molecule has 0 saturated heterocycles. The van der Waals surface area contributed by atoms with Gasteiger partial charge in [-0.05, 0) is 37.1 Å². The van der Waals surface area contributed by atoms with Crippen LogP contribution in [0.25, 0.3) is 10.2 Å². The van der Waals surface area contributed by atoms with Crippen molar-refractivity contribution in [3.05, 3.63) is 57.1 Å². The Morgan fingerprint density at radius 3 is 2.68 bits per heavy atom. The summed E-state index contributed by atoms with van der Waals surface area (Å²) >= 11 is 1.38. The summed E-state index contributed by atoms with van der Waals surface area (Å²) in [5.41, 5.74) is 3.58. The van der Waals surface area contributed by atoms with Gasteiger partial charge in [-0.2, -0.15) is 0 Å². The molecule has 0 spiro atoms. The summed E-state index contributed by atoms with van der Waals surface area (Å²) in [5.74, 6) is -0.443. The largest absolute Gasteiger partial charge is 0.387 e. The van der Waals surface area contributed by atoms with Crippen LogP contribution < -0.4 is 10.6 Å². The Kier molecular flexibility index (Phi) is 4.37. The van der Waals surface area contributed by atoms with Crippen LogP contribution >= 0.6 is 11.3 Å². The molecule has 0 aliphatic carbocycles. The number of aromatic nitrogens is 1. The van der Waals surface area contributed by atoms with Gasteiger partial charge in [0.05, 0.1) is 20.7 Å². The number of anilines is 2. The number of carbonyl (C=O) groups is 1. The SMILES string of the molecule is CNc1ccc([N+](=O)[O-])cc1C(=O)Nc1nc2c(C)cc(C)cc2s1. The van der Waals surface area contributed by atoms with E-state index in [-0.39, 0.29) is 11.3 Å². The molecule has 128 valence electrons. The van der Waals surface area contributed by atoms with Gasteiger partial charge in [0.15, 0.2) is 5.13 Å². The average molecular weight is 356 g/mol. The van der Waals surface area contributed by atoms with Gasteiger partial charge in [-0.3, -0.25) is 20.2 Å². The van der Waals surface area contributed by atoms with E-state index in [1.807, 2.05) is 26.0 Å². The number of rotatable bonds is 4. The zero-order valence-electron chi connectivity index (χ0n) is 13.9. The van der Waals surface area contributed by atoms with E-state index in [4.69, 9.17) is 0 Å². The molecule has 2 aromatic carbocycles. The molecule has 0 saturated carbocycles. The lowest BCUT2D eigenvalue weighted by Gasteiger charge is -2.08. The Balaban J connectivity index is 1.96. The van der Waals surface area contributed by atoms with Gasteiger partial charge in [0.1, 0.15) is 0 Å². The third-order valence-corrected chi connectivity index (χ3v) is 4.70. The number of non-ortho nitro benzene ring substituents is 1. The molecule has 1 heterocycles. The number of hydrogen-bond acceptors (Lipinski definition) is 6. The van der Waals surface area contributed by atoms with Crippen LogP contribution in [0.15, 0.2) is 30.3 Å². The number of benzene rings is 2. The molecule has 1 aromatic heterocycles. The molecule has 3 aromatic rings. The highest BCUT2D eigenvalue weighted by molar-refractivity contribution is 7.22. The van der Waals surface area contributed by atoms with Gasteiger partial charge in [0.2, 0.25) is 0 Å². The molecule has 0 aliphatic rings. The first kappa shape index (κ1) is 16.8. The van der Waals surface area contributed by atoms with Crippen LogP contribution in [0.2, 0.25) is 0 Å². The second-order valence-electron chi connectivity index (χ2n) is 5.64. The molecule has 7 nitrogen and oxygen atoms in total. The van der Waals surface area contributed by atoms with E-state index in [1.165, 1.54) is 29.5 Å². The molecular weight excluding hydrogens is 340 g/mol. The molecule has 0 aliphatic heterocycles. The molecule has 0 bridgehead atoms. The summed E-state index contributed by atoms with van der Waals surface area (Å²) in [5, 5.41) is 17.0. The second-order valence-corrected chi connectivity index (χ2v) is 6.67. The van der Waals surface area contributed by atoms with Crippen molar-refractivity contribution in [2.45, 2.75) is 13.8 Å². The van der Waals surface area contributed by atoms with Gasteiger partial charge in [0, 0.05) is 24.9 Å². The van der Waals surface area contributed by atoms with E-state index in [9.17, 15) is 14.9 Å². The van der Waals surface area contributed by atoms with Gasteiger partial charge in [-0.1, -0.05) is 17.4 Å². The number of fused-ring (bicyclic) bond motifs is 1. The number of thiazole rings is 1. The molecule has 8 heteroatoms. The highest BCUT2D eigenvalue weighted by atomic mass is 32.1. The van der Waals surface area contributed by atoms with Crippen LogP contribution in [-0.2, 0) is 0 Å². The maximum atomic E-state index is 12.6. The first-order chi connectivity index (χ1) is 11.9. The van der Waals surface area contributed by atoms with Crippen molar-refractivity contribution in [1.82, 2.24) is 4.98 Å². The standard InChI is InChI=1S/C17H16N4O3S/c1-9-6-10(2)15-14(7-9)25-17(19-15)20-16(22)12-8-11(21(23)24)4-5-13(12)18-3/h4-8,18H,1-3H3,(H,19,20,22). The van der Waals surface area contributed by atoms with Gasteiger partial charge in [0.25, 0.3) is 11.6 Å². The van der Waals surface area contributed by atoms with Crippen LogP contribution in [-0.4, -0.2) is 22.9 Å². The fraction of sp³-hybridized carbons (Fsp3) is 0.176. The molecule has 0 atom stereocenters. The Hall–Kier alpha value is -3.00. The minimum absolute atomic E-state index is 0.139. The second kappa shape index (κ2) is 6.48. The number of nitro benzene ring substituents is 1. The number of nitro groups is 1. The molecule has 25 heavy (non-hydrogen) atoms. The summed E-state index contributed by atoms with van der Waals surface area (Å²) in [7, 11) is 1.65. The van der Waals surface area contributed by atoms with Crippen LogP contribution in [0.1, 0.15) is 21.5 Å². The molecule has 2 N–H and O–H groups in total. The lowest BCUT2D eigenvalue weighted by molar-refractivity contribution is -0.384. The fourth-order valence-electron chi connectivity index (χ4n) is 2.64. The summed E-state index contributed by atoms with van der Waals surface area (Å²) < 4.78 is 0.987. The molecule has 0 unspecified atom stereocenters. The average Bonchev–Trinajstić information content (AvgIpc) is 2.96. The fourth-order valence-corrected chi connectivity index (χ4v) is 3.68. The Labute approximate surface area is 147 Å². The number of aryl methyl sites for hydroxylation is 2. The third kappa shape index (κ3) is 3.29. The van der Waals surface area contributed by atoms with Gasteiger partial charge in [-0.25, -0.2) is 4.98 Å². The predicted molar refractivity (Wildman–Crippen MR) is 99.7 cm³/mol. The van der Waals surface area contributed by atoms with E-state index < -0.39 is 10.8 Å². The maximum absolute atomic E-state index is 12.6. The smallest absolute Gasteiger partial charge is 0.270 e. The van der Waals surface area contributed by atoms with E-state index in [0.717, 1.165) is 21.3 Å². The van der Waals surface area contributed by atoms with Gasteiger partial charge in [-0.15, -0.1) is 0 Å². The highest BCUT2D eigenvalue weighted by Crippen LogP contribution is 2.30. The van der Waals surface area contributed by atoms with E-state index >= 15 is 0 Å². The number of nitrogens with zero attached hydrogens (tertiary/aromatic N) is 2. The first-order valence-corrected chi connectivity index (χ1v) is 8.36. The van der Waals surface area contributed by atoms with Crippen LogP contribution in [0, 0.1) is 24.0 Å². The molecule has 1 amide bonds. The monoisotopic (exact) mass is 356 g/mol. The van der Waals surface area contributed by atoms with Crippen molar-refractivity contribution in [2.75, 3.05) is 17.7 Å². The highest BCUT2D eigenvalue weighted by Gasteiger charge is 2.18. The van der Waals surface area contributed by atoms with Gasteiger partial charge >= 0.3 is 0 Å². The van der Waals surface area contributed by atoms with Crippen molar-refractivity contribution < 1.29 is 9.72 Å². The van der Waals surface area contributed by atoms with Crippen molar-refractivity contribution >= 4 is 44.0 Å². The maximum Gasteiger partial charge on any atom is 0.270 e. The van der Waals surface area contributed by atoms with Crippen molar-refractivity contribution in [1.29, 1.82) is 0 Å². The van der Waals surface area contributed by atoms with Crippen molar-refractivity contribution in [3.63, 3.8) is 0 Å². The minimum atomic E-state index is -0.528.